The van der Waals surface area contributed by atoms with Crippen LogP contribution in [0.2, 0.25) is 0 Å². The number of carbonyl (C=O) groups is 2. The fourth-order valence-corrected chi connectivity index (χ4v) is 10.5. The predicted molar refractivity (Wildman–Crippen MR) is 329 cm³/mol. The molecule has 0 aromatic carbocycles. The third kappa shape index (κ3) is 61.2. The Kier molecular flexibility index (Phi) is 63.0. The SMILES string of the molecule is CCC/C=C\C/C=C\CCCCCCCC(=O)OCCCCCCCCCCCCCCCC/C=C\CCCCCCCCCCCCCCCCCCCC(=O)NC(CO)C(O)CCCCCCCCCCCC. The van der Waals surface area contributed by atoms with Crippen molar-refractivity contribution in [2.45, 2.75) is 379 Å². The molecule has 0 saturated heterocycles. The minimum Gasteiger partial charge on any atom is -0.466 e. The number of esters is 1. The van der Waals surface area contributed by atoms with E-state index >= 15 is 0 Å². The molecule has 1 amide bonds. The molecule has 2 atom stereocenters. The summed E-state index contributed by atoms with van der Waals surface area (Å²) in [6.45, 7) is 4.89. The van der Waals surface area contributed by atoms with Crippen LogP contribution in [0.25, 0.3) is 0 Å². The lowest BCUT2D eigenvalue weighted by molar-refractivity contribution is -0.143. The highest BCUT2D eigenvalue weighted by atomic mass is 16.5. The maximum atomic E-state index is 12.4. The summed E-state index contributed by atoms with van der Waals surface area (Å²) in [5.74, 6) is -0.0270. The van der Waals surface area contributed by atoms with Gasteiger partial charge < -0.3 is 20.3 Å². The van der Waals surface area contributed by atoms with Gasteiger partial charge in [-0.25, -0.2) is 0 Å². The van der Waals surface area contributed by atoms with Gasteiger partial charge in [0.15, 0.2) is 0 Å². The van der Waals surface area contributed by atoms with Gasteiger partial charge in [-0.2, -0.15) is 0 Å². The first-order chi connectivity index (χ1) is 37.0. The normalized spacial score (nSPS) is 12.7. The Morgan fingerprint density at radius 3 is 1.08 bits per heavy atom. The molecule has 0 bridgehead atoms. The number of rotatable bonds is 63. The second-order valence-electron chi connectivity index (χ2n) is 23.1. The molecular formula is C69H131NO5. The van der Waals surface area contributed by atoms with Crippen LogP contribution in [0.15, 0.2) is 36.5 Å². The Labute approximate surface area is 468 Å². The van der Waals surface area contributed by atoms with Crippen molar-refractivity contribution >= 4 is 11.9 Å². The number of unbranched alkanes of at least 4 members (excludes halogenated alkanes) is 46. The summed E-state index contributed by atoms with van der Waals surface area (Å²) in [7, 11) is 0. The largest absolute Gasteiger partial charge is 0.466 e. The van der Waals surface area contributed by atoms with Crippen molar-refractivity contribution in [3.63, 3.8) is 0 Å². The molecule has 2 unspecified atom stereocenters. The van der Waals surface area contributed by atoms with Gasteiger partial charge in [0.1, 0.15) is 0 Å². The van der Waals surface area contributed by atoms with Crippen molar-refractivity contribution in [1.82, 2.24) is 5.32 Å². The van der Waals surface area contributed by atoms with Crippen molar-refractivity contribution < 1.29 is 24.5 Å². The highest BCUT2D eigenvalue weighted by Gasteiger charge is 2.20. The molecule has 0 radical (unpaired) electrons. The van der Waals surface area contributed by atoms with Gasteiger partial charge in [0, 0.05) is 12.8 Å². The molecule has 6 heteroatoms. The van der Waals surface area contributed by atoms with Crippen molar-refractivity contribution in [1.29, 1.82) is 0 Å². The Morgan fingerprint density at radius 2 is 0.693 bits per heavy atom. The summed E-state index contributed by atoms with van der Waals surface area (Å²) in [6, 6.07) is -0.537. The van der Waals surface area contributed by atoms with Gasteiger partial charge in [-0.05, 0) is 77.0 Å². The van der Waals surface area contributed by atoms with Crippen LogP contribution in [-0.2, 0) is 14.3 Å². The molecule has 0 spiro atoms. The Hall–Kier alpha value is -1.92. The molecule has 0 aliphatic rings. The van der Waals surface area contributed by atoms with Crippen molar-refractivity contribution in [3.05, 3.63) is 36.5 Å². The van der Waals surface area contributed by atoms with E-state index in [-0.39, 0.29) is 18.5 Å². The summed E-state index contributed by atoms with van der Waals surface area (Å²) < 4.78 is 5.47. The van der Waals surface area contributed by atoms with Gasteiger partial charge in [-0.1, -0.05) is 314 Å². The molecule has 0 aromatic heterocycles. The van der Waals surface area contributed by atoms with Crippen LogP contribution < -0.4 is 5.32 Å². The predicted octanol–water partition coefficient (Wildman–Crippen LogP) is 21.5. The number of hydrogen-bond acceptors (Lipinski definition) is 5. The van der Waals surface area contributed by atoms with Crippen LogP contribution in [0.5, 0.6) is 0 Å². The second-order valence-corrected chi connectivity index (χ2v) is 23.1. The number of hydrogen-bond donors (Lipinski definition) is 3. The van der Waals surface area contributed by atoms with E-state index in [0.29, 0.717) is 25.9 Å². The Balaban J connectivity index is 3.32. The van der Waals surface area contributed by atoms with E-state index < -0.39 is 12.1 Å². The number of aliphatic hydroxyl groups excluding tert-OH is 2. The van der Waals surface area contributed by atoms with Gasteiger partial charge in [0.2, 0.25) is 5.91 Å². The van der Waals surface area contributed by atoms with Crippen molar-refractivity contribution in [2.24, 2.45) is 0 Å². The zero-order valence-electron chi connectivity index (χ0n) is 50.5. The van der Waals surface area contributed by atoms with E-state index in [1.807, 2.05) is 0 Å². The topological polar surface area (TPSA) is 95.9 Å². The minimum absolute atomic E-state index is 0.00478. The molecule has 6 nitrogen and oxygen atoms in total. The average Bonchev–Trinajstić information content (AvgIpc) is 3.41. The molecule has 0 heterocycles. The first-order valence-corrected chi connectivity index (χ1v) is 33.7. The van der Waals surface area contributed by atoms with Crippen LogP contribution in [-0.4, -0.2) is 47.4 Å². The molecule has 0 saturated carbocycles. The number of nitrogens with one attached hydrogen (secondary N) is 1. The summed E-state index contributed by atoms with van der Waals surface area (Å²) >= 11 is 0. The van der Waals surface area contributed by atoms with E-state index in [1.54, 1.807) is 0 Å². The fraction of sp³-hybridized carbons (Fsp3) is 0.884. The first kappa shape index (κ1) is 73.1. The summed E-state index contributed by atoms with van der Waals surface area (Å²) in [5, 5.41) is 23.2. The van der Waals surface area contributed by atoms with Crippen LogP contribution in [0.4, 0.5) is 0 Å². The Bertz CT molecular complexity index is 1210. The molecule has 0 aromatic rings. The highest BCUT2D eigenvalue weighted by molar-refractivity contribution is 5.76. The minimum atomic E-state index is -0.659. The molecule has 0 aliphatic carbocycles. The fourth-order valence-electron chi connectivity index (χ4n) is 10.5. The number of amides is 1. The maximum absolute atomic E-state index is 12.4. The molecule has 0 aliphatic heterocycles. The molecule has 0 rings (SSSR count). The Morgan fingerprint density at radius 1 is 0.373 bits per heavy atom. The second kappa shape index (κ2) is 64.6. The first-order valence-electron chi connectivity index (χ1n) is 33.7. The summed E-state index contributed by atoms with van der Waals surface area (Å²) in [4.78, 5) is 24.5. The smallest absolute Gasteiger partial charge is 0.305 e. The van der Waals surface area contributed by atoms with Crippen molar-refractivity contribution in [3.8, 4) is 0 Å². The highest BCUT2D eigenvalue weighted by Crippen LogP contribution is 2.18. The molecule has 3 N–H and O–H groups in total. The maximum Gasteiger partial charge on any atom is 0.305 e. The average molecular weight is 1050 g/mol. The van der Waals surface area contributed by atoms with Crippen LogP contribution in [0.1, 0.15) is 367 Å². The summed E-state index contributed by atoms with van der Waals surface area (Å²) in [5.41, 5.74) is 0. The zero-order valence-corrected chi connectivity index (χ0v) is 50.5. The lowest BCUT2D eigenvalue weighted by Crippen LogP contribution is -2.45. The number of aliphatic hydroxyl groups is 2. The quantitative estimate of drug-likeness (QED) is 0.0320. The van der Waals surface area contributed by atoms with E-state index in [9.17, 15) is 19.8 Å². The van der Waals surface area contributed by atoms with Crippen LogP contribution >= 0.6 is 0 Å². The van der Waals surface area contributed by atoms with E-state index in [4.69, 9.17) is 4.74 Å². The van der Waals surface area contributed by atoms with E-state index in [1.165, 1.54) is 283 Å². The van der Waals surface area contributed by atoms with E-state index in [0.717, 1.165) is 51.4 Å². The summed E-state index contributed by atoms with van der Waals surface area (Å²) in [6.07, 6.45) is 82.1. The number of carbonyl (C=O) groups excluding carboxylic acids is 2. The molecule has 442 valence electrons. The zero-order chi connectivity index (χ0) is 54.3. The third-order valence-electron chi connectivity index (χ3n) is 15.6. The van der Waals surface area contributed by atoms with Gasteiger partial charge in [-0.15, -0.1) is 0 Å². The van der Waals surface area contributed by atoms with Gasteiger partial charge in [0.25, 0.3) is 0 Å². The van der Waals surface area contributed by atoms with Gasteiger partial charge in [0.05, 0.1) is 25.4 Å². The van der Waals surface area contributed by atoms with Crippen LogP contribution in [0, 0.1) is 0 Å². The molecule has 0 fully saturated rings. The lowest BCUT2D eigenvalue weighted by Gasteiger charge is -2.22. The monoisotopic (exact) mass is 1050 g/mol. The lowest BCUT2D eigenvalue weighted by atomic mass is 10.0. The molecular weight excluding hydrogens is 923 g/mol. The van der Waals surface area contributed by atoms with Crippen molar-refractivity contribution in [2.75, 3.05) is 13.2 Å². The van der Waals surface area contributed by atoms with Crippen LogP contribution in [0.3, 0.4) is 0 Å². The standard InChI is InChI=1S/C69H131NO5/c1-3-5-7-9-11-13-15-39-43-47-51-55-59-63-69(74)75-64-60-56-52-48-44-41-38-36-34-32-30-28-26-24-22-20-18-16-17-19-21-23-25-27-29-31-33-35-37-40-42-46-50-54-58-62-68(73)70-66(65-71)67(72)61-57-53-49-45-14-12-10-8-6-4-2/h7,9,13,15,18,20,66-67,71-72H,3-6,8,10-12,14,16-17,19,21-65H2,1-2H3,(H,70,73)/b9-7-,15-13-,20-18-. The number of allylic oxidation sites excluding steroid dienone is 6. The van der Waals surface area contributed by atoms with E-state index in [2.05, 4.69) is 55.6 Å². The van der Waals surface area contributed by atoms with Gasteiger partial charge in [-0.3, -0.25) is 9.59 Å². The number of ether oxygens (including phenoxy) is 1. The molecule has 75 heavy (non-hydrogen) atoms. The third-order valence-corrected chi connectivity index (χ3v) is 15.6. The van der Waals surface area contributed by atoms with Gasteiger partial charge >= 0.3 is 5.97 Å².